The third-order valence-electron chi connectivity index (χ3n) is 2.86. The van der Waals surface area contributed by atoms with E-state index in [4.69, 9.17) is 10.9 Å². The Morgan fingerprint density at radius 2 is 2.00 bits per heavy atom. The zero-order valence-corrected chi connectivity index (χ0v) is 12.4. The van der Waals surface area contributed by atoms with Crippen molar-refractivity contribution in [3.63, 3.8) is 0 Å². The van der Waals surface area contributed by atoms with Crippen LogP contribution in [0.5, 0.6) is 0 Å². The van der Waals surface area contributed by atoms with Crippen LogP contribution in [0.2, 0.25) is 0 Å². The summed E-state index contributed by atoms with van der Waals surface area (Å²) in [5.41, 5.74) is 6.97. The number of benzene rings is 2. The molecule has 0 bridgehead atoms. The molecule has 0 unspecified atom stereocenters. The predicted octanol–water partition coefficient (Wildman–Crippen LogP) is 3.43. The van der Waals surface area contributed by atoms with E-state index in [-0.39, 0.29) is 22.5 Å². The molecule has 0 saturated heterocycles. The summed E-state index contributed by atoms with van der Waals surface area (Å²) in [5.74, 6) is -1.41. The number of amidine groups is 1. The first-order chi connectivity index (χ1) is 10.0. The Kier molecular flexibility index (Phi) is 4.74. The summed E-state index contributed by atoms with van der Waals surface area (Å²) >= 11 is 3.10. The molecular formula is C14H12BrF2N3O. The standard InChI is InChI=1S/C14H12BrF2N3O/c15-11-5-9(16)6-12(17)13(11)19-7-8-3-1-2-4-10(8)14(18)20-21/h1-6,19,21H,7H2,(H2,18,20). The van der Waals surface area contributed by atoms with Crippen LogP contribution in [-0.4, -0.2) is 11.0 Å². The third-order valence-corrected chi connectivity index (χ3v) is 3.49. The van der Waals surface area contributed by atoms with Crippen LogP contribution in [0, 0.1) is 11.6 Å². The maximum Gasteiger partial charge on any atom is 0.170 e. The van der Waals surface area contributed by atoms with Crippen molar-refractivity contribution in [3.05, 3.63) is 63.6 Å². The third kappa shape index (κ3) is 3.49. The van der Waals surface area contributed by atoms with E-state index in [0.29, 0.717) is 11.1 Å². The molecule has 7 heteroatoms. The summed E-state index contributed by atoms with van der Waals surface area (Å²) in [6, 6.07) is 8.92. The monoisotopic (exact) mass is 355 g/mol. The first-order valence-electron chi connectivity index (χ1n) is 5.97. The van der Waals surface area contributed by atoms with Gasteiger partial charge in [0.05, 0.1) is 5.69 Å². The van der Waals surface area contributed by atoms with Crippen molar-refractivity contribution in [3.8, 4) is 0 Å². The van der Waals surface area contributed by atoms with Crippen molar-refractivity contribution in [1.82, 2.24) is 0 Å². The molecule has 0 aromatic heterocycles. The highest BCUT2D eigenvalue weighted by molar-refractivity contribution is 9.10. The minimum atomic E-state index is -0.705. The van der Waals surface area contributed by atoms with Crippen LogP contribution < -0.4 is 11.1 Å². The summed E-state index contributed by atoms with van der Waals surface area (Å²) in [5, 5.41) is 14.6. The normalized spacial score (nSPS) is 11.5. The average Bonchev–Trinajstić information content (AvgIpc) is 2.45. The lowest BCUT2D eigenvalue weighted by molar-refractivity contribution is 0.318. The molecule has 110 valence electrons. The Bertz CT molecular complexity index is 669. The van der Waals surface area contributed by atoms with Gasteiger partial charge in [0.2, 0.25) is 0 Å². The van der Waals surface area contributed by atoms with Crippen molar-refractivity contribution in [2.24, 2.45) is 10.9 Å². The number of hydrogen-bond acceptors (Lipinski definition) is 3. The van der Waals surface area contributed by atoms with Crippen LogP contribution in [0.15, 0.2) is 46.0 Å². The highest BCUT2D eigenvalue weighted by Crippen LogP contribution is 2.27. The molecule has 0 radical (unpaired) electrons. The van der Waals surface area contributed by atoms with E-state index in [1.807, 2.05) is 0 Å². The van der Waals surface area contributed by atoms with Crippen molar-refractivity contribution in [2.45, 2.75) is 6.54 Å². The molecule has 0 spiro atoms. The first kappa shape index (κ1) is 15.2. The minimum Gasteiger partial charge on any atom is -0.409 e. The van der Waals surface area contributed by atoms with Gasteiger partial charge in [0, 0.05) is 22.6 Å². The molecule has 0 saturated carbocycles. The number of oxime groups is 1. The Morgan fingerprint density at radius 3 is 2.67 bits per heavy atom. The van der Waals surface area contributed by atoms with Crippen LogP contribution >= 0.6 is 15.9 Å². The van der Waals surface area contributed by atoms with Gasteiger partial charge in [-0.3, -0.25) is 0 Å². The summed E-state index contributed by atoms with van der Waals surface area (Å²) in [6.45, 7) is 0.230. The van der Waals surface area contributed by atoms with E-state index >= 15 is 0 Å². The Hall–Kier alpha value is -2.15. The van der Waals surface area contributed by atoms with Gasteiger partial charge in [-0.2, -0.15) is 0 Å². The molecule has 2 aromatic carbocycles. The lowest BCUT2D eigenvalue weighted by Gasteiger charge is -2.12. The molecule has 0 aliphatic rings. The lowest BCUT2D eigenvalue weighted by atomic mass is 10.1. The van der Waals surface area contributed by atoms with Crippen LogP contribution in [0.4, 0.5) is 14.5 Å². The quantitative estimate of drug-likeness (QED) is 0.340. The van der Waals surface area contributed by atoms with Gasteiger partial charge >= 0.3 is 0 Å². The van der Waals surface area contributed by atoms with E-state index in [1.54, 1.807) is 24.3 Å². The molecule has 0 heterocycles. The summed E-state index contributed by atoms with van der Waals surface area (Å²) in [4.78, 5) is 0. The Morgan fingerprint density at radius 1 is 1.29 bits per heavy atom. The zero-order chi connectivity index (χ0) is 15.4. The zero-order valence-electron chi connectivity index (χ0n) is 10.8. The number of nitrogens with two attached hydrogens (primary N) is 1. The molecule has 2 rings (SSSR count). The van der Waals surface area contributed by atoms with Gasteiger partial charge in [-0.25, -0.2) is 8.78 Å². The molecule has 0 amide bonds. The van der Waals surface area contributed by atoms with Crippen molar-refractivity contribution in [1.29, 1.82) is 0 Å². The number of nitrogens with one attached hydrogen (secondary N) is 1. The van der Waals surface area contributed by atoms with Gasteiger partial charge in [-0.15, -0.1) is 0 Å². The van der Waals surface area contributed by atoms with E-state index in [2.05, 4.69) is 26.4 Å². The van der Waals surface area contributed by atoms with E-state index < -0.39 is 11.6 Å². The fourth-order valence-corrected chi connectivity index (χ4v) is 2.42. The van der Waals surface area contributed by atoms with E-state index in [1.165, 1.54) is 6.07 Å². The van der Waals surface area contributed by atoms with Crippen molar-refractivity contribution >= 4 is 27.5 Å². The second-order valence-electron chi connectivity index (χ2n) is 4.24. The highest BCUT2D eigenvalue weighted by atomic mass is 79.9. The second kappa shape index (κ2) is 6.53. The van der Waals surface area contributed by atoms with Gasteiger partial charge in [0.1, 0.15) is 11.6 Å². The molecule has 4 nitrogen and oxygen atoms in total. The highest BCUT2D eigenvalue weighted by Gasteiger charge is 2.11. The molecular weight excluding hydrogens is 344 g/mol. The number of halogens is 3. The Labute approximate surface area is 128 Å². The molecule has 0 atom stereocenters. The first-order valence-corrected chi connectivity index (χ1v) is 6.76. The van der Waals surface area contributed by atoms with Crippen LogP contribution in [0.1, 0.15) is 11.1 Å². The Balaban J connectivity index is 2.26. The van der Waals surface area contributed by atoms with Gasteiger partial charge < -0.3 is 16.3 Å². The summed E-state index contributed by atoms with van der Waals surface area (Å²) in [7, 11) is 0. The largest absolute Gasteiger partial charge is 0.409 e. The van der Waals surface area contributed by atoms with Crippen LogP contribution in [-0.2, 0) is 6.54 Å². The summed E-state index contributed by atoms with van der Waals surface area (Å²) in [6.07, 6.45) is 0. The molecule has 0 fully saturated rings. The topological polar surface area (TPSA) is 70.6 Å². The lowest BCUT2D eigenvalue weighted by Crippen LogP contribution is -2.17. The molecule has 21 heavy (non-hydrogen) atoms. The fraction of sp³-hybridized carbons (Fsp3) is 0.0714. The van der Waals surface area contributed by atoms with E-state index in [0.717, 1.165) is 6.07 Å². The van der Waals surface area contributed by atoms with Crippen LogP contribution in [0.3, 0.4) is 0 Å². The second-order valence-corrected chi connectivity index (χ2v) is 5.09. The van der Waals surface area contributed by atoms with Crippen LogP contribution in [0.25, 0.3) is 0 Å². The molecule has 0 aliphatic heterocycles. The van der Waals surface area contributed by atoms with Gasteiger partial charge in [-0.1, -0.05) is 29.4 Å². The minimum absolute atomic E-state index is 0.0361. The van der Waals surface area contributed by atoms with E-state index in [9.17, 15) is 8.78 Å². The predicted molar refractivity (Wildman–Crippen MR) is 80.3 cm³/mol. The number of anilines is 1. The van der Waals surface area contributed by atoms with Crippen molar-refractivity contribution < 1.29 is 14.0 Å². The fourth-order valence-electron chi connectivity index (χ4n) is 1.87. The summed E-state index contributed by atoms with van der Waals surface area (Å²) < 4.78 is 27.0. The number of hydrogen-bond donors (Lipinski definition) is 3. The SMILES string of the molecule is NC(=NO)c1ccccc1CNc1c(F)cc(F)cc1Br. The van der Waals surface area contributed by atoms with Gasteiger partial charge in [0.15, 0.2) is 5.84 Å². The molecule has 4 N–H and O–H groups in total. The van der Waals surface area contributed by atoms with Crippen molar-refractivity contribution in [2.75, 3.05) is 5.32 Å². The number of rotatable bonds is 4. The number of nitrogens with zero attached hydrogens (tertiary/aromatic N) is 1. The average molecular weight is 356 g/mol. The molecule has 0 aliphatic carbocycles. The maximum atomic E-state index is 13.7. The molecule has 2 aromatic rings. The maximum absolute atomic E-state index is 13.7. The smallest absolute Gasteiger partial charge is 0.170 e. The van der Waals surface area contributed by atoms with Gasteiger partial charge in [-0.05, 0) is 27.6 Å². The van der Waals surface area contributed by atoms with Gasteiger partial charge in [0.25, 0.3) is 0 Å².